The summed E-state index contributed by atoms with van der Waals surface area (Å²) < 4.78 is 0. The van der Waals surface area contributed by atoms with Crippen LogP contribution in [0.1, 0.15) is 36.3 Å². The van der Waals surface area contributed by atoms with Crippen LogP contribution < -0.4 is 10.6 Å². The number of aliphatic hydroxyl groups is 1. The second-order valence-electron chi connectivity index (χ2n) is 5.29. The number of nitrogens with zero attached hydrogens (tertiary/aromatic N) is 1. The molecule has 2 aliphatic rings. The zero-order valence-corrected chi connectivity index (χ0v) is 11.6. The van der Waals surface area contributed by atoms with E-state index in [0.717, 1.165) is 18.5 Å². The molecule has 5 nitrogen and oxygen atoms in total. The molecule has 0 bridgehead atoms. The molecule has 3 N–H and O–H groups in total. The summed E-state index contributed by atoms with van der Waals surface area (Å²) >= 11 is 1.60. The Morgan fingerprint density at radius 3 is 3.00 bits per heavy atom. The predicted octanol–water partition coefficient (Wildman–Crippen LogP) is 1.07. The van der Waals surface area contributed by atoms with E-state index in [1.807, 2.05) is 0 Å². The van der Waals surface area contributed by atoms with Crippen molar-refractivity contribution in [3.05, 3.63) is 10.6 Å². The summed E-state index contributed by atoms with van der Waals surface area (Å²) in [6, 6.07) is -0.293. The number of aryl methyl sites for hydroxylation is 2. The Balaban J connectivity index is 1.65. The topological polar surface area (TPSA) is 74.2 Å². The Morgan fingerprint density at radius 1 is 1.37 bits per heavy atom. The van der Waals surface area contributed by atoms with Crippen LogP contribution in [0.3, 0.4) is 0 Å². The highest BCUT2D eigenvalue weighted by molar-refractivity contribution is 7.15. The Hall–Kier alpha value is -0.980. The molecule has 1 fully saturated rings. The molecular formula is C13H19N3O2S. The second-order valence-corrected chi connectivity index (χ2v) is 6.37. The van der Waals surface area contributed by atoms with Gasteiger partial charge in [0.1, 0.15) is 0 Å². The number of anilines is 1. The van der Waals surface area contributed by atoms with E-state index in [2.05, 4.69) is 15.6 Å². The molecule has 19 heavy (non-hydrogen) atoms. The smallest absolute Gasteiger partial charge is 0.243 e. The van der Waals surface area contributed by atoms with E-state index < -0.39 is 6.10 Å². The summed E-state index contributed by atoms with van der Waals surface area (Å²) in [6.07, 6.45) is 5.87. The number of hydrogen-bond donors (Lipinski definition) is 3. The molecular weight excluding hydrogens is 262 g/mol. The van der Waals surface area contributed by atoms with E-state index in [0.29, 0.717) is 18.1 Å². The molecule has 1 aliphatic heterocycles. The monoisotopic (exact) mass is 281 g/mol. The zero-order chi connectivity index (χ0) is 13.2. The van der Waals surface area contributed by atoms with Gasteiger partial charge in [-0.05, 0) is 32.1 Å². The average Bonchev–Trinajstić information content (AvgIpc) is 2.91. The van der Waals surface area contributed by atoms with Crippen molar-refractivity contribution in [2.45, 2.75) is 50.7 Å². The van der Waals surface area contributed by atoms with Crippen LogP contribution in [0.5, 0.6) is 0 Å². The van der Waals surface area contributed by atoms with Crippen LogP contribution in [0.4, 0.5) is 5.13 Å². The highest BCUT2D eigenvalue weighted by Crippen LogP contribution is 2.29. The van der Waals surface area contributed by atoms with Crippen molar-refractivity contribution in [2.75, 3.05) is 11.9 Å². The minimum Gasteiger partial charge on any atom is -0.392 e. The Bertz CT molecular complexity index is 451. The molecule has 0 spiro atoms. The van der Waals surface area contributed by atoms with Gasteiger partial charge in [0.05, 0.1) is 17.8 Å². The minimum atomic E-state index is -0.413. The largest absolute Gasteiger partial charge is 0.392 e. The van der Waals surface area contributed by atoms with Crippen molar-refractivity contribution < 1.29 is 9.90 Å². The van der Waals surface area contributed by atoms with Crippen LogP contribution in [0.2, 0.25) is 0 Å². The van der Waals surface area contributed by atoms with Gasteiger partial charge in [-0.1, -0.05) is 6.42 Å². The molecule has 1 aromatic rings. The van der Waals surface area contributed by atoms with Crippen molar-refractivity contribution in [1.82, 2.24) is 10.3 Å². The summed E-state index contributed by atoms with van der Waals surface area (Å²) in [6.45, 7) is 0.493. The molecule has 0 aromatic carbocycles. The minimum absolute atomic E-state index is 0.0829. The number of fused-ring (bicyclic) bond motifs is 1. The Morgan fingerprint density at radius 2 is 2.21 bits per heavy atom. The number of carbonyl (C=O) groups is 1. The molecule has 2 heterocycles. The van der Waals surface area contributed by atoms with Gasteiger partial charge in [0.25, 0.3) is 0 Å². The van der Waals surface area contributed by atoms with Gasteiger partial charge in [-0.15, -0.1) is 11.3 Å². The molecule has 6 heteroatoms. The molecule has 0 radical (unpaired) electrons. The number of aromatic nitrogens is 1. The van der Waals surface area contributed by atoms with Crippen molar-refractivity contribution in [1.29, 1.82) is 0 Å². The number of hydrogen-bond acceptors (Lipinski definition) is 5. The fourth-order valence-corrected chi connectivity index (χ4v) is 3.74. The molecule has 0 unspecified atom stereocenters. The molecule has 0 saturated carbocycles. The SMILES string of the molecule is O=C(Nc1nc2c(s1)CCCCC2)[C@@H]1C[C@@H](O)CN1. The normalized spacial score (nSPS) is 26.8. The molecule has 1 aromatic heterocycles. The lowest BCUT2D eigenvalue weighted by Gasteiger charge is -2.08. The van der Waals surface area contributed by atoms with E-state index in [4.69, 9.17) is 0 Å². The maximum atomic E-state index is 12.0. The first-order chi connectivity index (χ1) is 9.22. The highest BCUT2D eigenvalue weighted by Gasteiger charge is 2.28. The lowest BCUT2D eigenvalue weighted by atomic mass is 10.2. The summed E-state index contributed by atoms with van der Waals surface area (Å²) in [5, 5.41) is 16.0. The second kappa shape index (κ2) is 5.56. The Labute approximate surface area is 116 Å². The lowest BCUT2D eigenvalue weighted by molar-refractivity contribution is -0.117. The van der Waals surface area contributed by atoms with E-state index in [1.165, 1.54) is 24.1 Å². The van der Waals surface area contributed by atoms with Gasteiger partial charge in [0.15, 0.2) is 5.13 Å². The van der Waals surface area contributed by atoms with Crippen molar-refractivity contribution in [3.8, 4) is 0 Å². The van der Waals surface area contributed by atoms with Crippen LogP contribution in [-0.2, 0) is 17.6 Å². The zero-order valence-electron chi connectivity index (χ0n) is 10.8. The van der Waals surface area contributed by atoms with Crippen molar-refractivity contribution in [2.24, 2.45) is 0 Å². The van der Waals surface area contributed by atoms with Crippen molar-refractivity contribution in [3.63, 3.8) is 0 Å². The molecule has 1 saturated heterocycles. The lowest BCUT2D eigenvalue weighted by Crippen LogP contribution is -2.35. The van der Waals surface area contributed by atoms with Crippen LogP contribution >= 0.6 is 11.3 Å². The Kier molecular flexibility index (Phi) is 3.81. The van der Waals surface area contributed by atoms with Gasteiger partial charge < -0.3 is 15.7 Å². The van der Waals surface area contributed by atoms with Gasteiger partial charge in [-0.3, -0.25) is 4.79 Å². The molecule has 1 aliphatic carbocycles. The first kappa shape index (κ1) is 13.0. The van der Waals surface area contributed by atoms with Gasteiger partial charge in [0, 0.05) is 11.4 Å². The average molecular weight is 281 g/mol. The van der Waals surface area contributed by atoms with Crippen LogP contribution in [0, 0.1) is 0 Å². The number of nitrogens with one attached hydrogen (secondary N) is 2. The third kappa shape index (κ3) is 2.96. The summed E-state index contributed by atoms with van der Waals surface area (Å²) in [5.74, 6) is -0.0829. The molecule has 1 amide bonds. The maximum absolute atomic E-state index is 12.0. The van der Waals surface area contributed by atoms with E-state index in [-0.39, 0.29) is 11.9 Å². The fraction of sp³-hybridized carbons (Fsp3) is 0.692. The van der Waals surface area contributed by atoms with E-state index in [9.17, 15) is 9.90 Å². The fourth-order valence-electron chi connectivity index (χ4n) is 2.69. The van der Waals surface area contributed by atoms with Gasteiger partial charge >= 0.3 is 0 Å². The summed E-state index contributed by atoms with van der Waals surface area (Å²) in [5.41, 5.74) is 1.16. The van der Waals surface area contributed by atoms with E-state index >= 15 is 0 Å². The van der Waals surface area contributed by atoms with E-state index in [1.54, 1.807) is 11.3 Å². The third-order valence-corrected chi connectivity index (χ3v) is 4.82. The summed E-state index contributed by atoms with van der Waals surface area (Å²) in [4.78, 5) is 17.9. The number of amides is 1. The summed E-state index contributed by atoms with van der Waals surface area (Å²) in [7, 11) is 0. The van der Waals surface area contributed by atoms with Gasteiger partial charge in [-0.2, -0.15) is 0 Å². The maximum Gasteiger partial charge on any atom is 0.243 e. The van der Waals surface area contributed by atoms with Crippen molar-refractivity contribution >= 4 is 22.4 Å². The third-order valence-electron chi connectivity index (χ3n) is 3.75. The van der Waals surface area contributed by atoms with Crippen LogP contribution in [0.15, 0.2) is 0 Å². The quantitative estimate of drug-likeness (QED) is 0.709. The first-order valence-electron chi connectivity index (χ1n) is 6.93. The number of β-amino-alcohol motifs (C(OH)–C–C–N with tert-alkyl or cyclic N) is 1. The first-order valence-corrected chi connectivity index (χ1v) is 7.75. The molecule has 2 atom stereocenters. The number of aliphatic hydroxyl groups excluding tert-OH is 1. The van der Waals surface area contributed by atoms with Crippen LogP contribution in [0.25, 0.3) is 0 Å². The predicted molar refractivity (Wildman–Crippen MR) is 74.4 cm³/mol. The molecule has 3 rings (SSSR count). The van der Waals surface area contributed by atoms with Gasteiger partial charge in [-0.25, -0.2) is 4.98 Å². The number of thiazole rings is 1. The molecule has 104 valence electrons. The standard InChI is InChI=1S/C13H19N3O2S/c17-8-6-10(14-7-8)12(18)16-13-15-9-4-2-1-3-5-11(9)19-13/h8,10,14,17H,1-7H2,(H,15,16,18)/t8-,10+/m1/s1. The van der Waals surface area contributed by atoms with Gasteiger partial charge in [0.2, 0.25) is 5.91 Å². The van der Waals surface area contributed by atoms with Crippen LogP contribution in [-0.4, -0.2) is 34.7 Å². The number of rotatable bonds is 2. The number of carbonyl (C=O) groups excluding carboxylic acids is 1. The highest BCUT2D eigenvalue weighted by atomic mass is 32.1.